The molecule has 1 aliphatic rings. The number of carbonyl (C=O) groups is 1. The minimum atomic E-state index is -0.139. The maximum absolute atomic E-state index is 11.6. The fraction of sp³-hybridized carbons (Fsp3) is 0.769. The summed E-state index contributed by atoms with van der Waals surface area (Å²) in [5, 5.41) is 0. The van der Waals surface area contributed by atoms with Gasteiger partial charge in [0, 0.05) is 19.1 Å². The van der Waals surface area contributed by atoms with Gasteiger partial charge in [-0.2, -0.15) is 0 Å². The fourth-order valence-electron chi connectivity index (χ4n) is 1.83. The SMILES string of the molecule is CC(C)CCOC(=O)CN1CCC=CC1CN. The monoisotopic (exact) mass is 240 g/mol. The molecule has 0 bridgehead atoms. The lowest BCUT2D eigenvalue weighted by Gasteiger charge is -2.30. The van der Waals surface area contributed by atoms with Crippen LogP contribution in [-0.2, 0) is 9.53 Å². The Kier molecular flexibility index (Phi) is 6.22. The number of nitrogens with zero attached hydrogens (tertiary/aromatic N) is 1. The average Bonchev–Trinajstić information content (AvgIpc) is 2.29. The Morgan fingerprint density at radius 1 is 1.59 bits per heavy atom. The second-order valence-electron chi connectivity index (χ2n) is 4.89. The van der Waals surface area contributed by atoms with E-state index in [2.05, 4.69) is 30.9 Å². The van der Waals surface area contributed by atoms with Crippen LogP contribution in [0.15, 0.2) is 12.2 Å². The third-order valence-corrected chi connectivity index (χ3v) is 2.94. The van der Waals surface area contributed by atoms with Crippen LogP contribution in [0.2, 0.25) is 0 Å². The molecule has 0 radical (unpaired) electrons. The Bertz CT molecular complexity index is 264. The lowest BCUT2D eigenvalue weighted by Crippen LogP contribution is -2.44. The van der Waals surface area contributed by atoms with E-state index in [0.29, 0.717) is 25.6 Å². The smallest absolute Gasteiger partial charge is 0.320 e. The predicted molar refractivity (Wildman–Crippen MR) is 68.6 cm³/mol. The van der Waals surface area contributed by atoms with E-state index in [-0.39, 0.29) is 12.0 Å². The predicted octanol–water partition coefficient (Wildman–Crippen LogP) is 1.16. The van der Waals surface area contributed by atoms with Crippen LogP contribution in [0.5, 0.6) is 0 Å². The zero-order chi connectivity index (χ0) is 12.7. The van der Waals surface area contributed by atoms with Crippen LogP contribution in [0.25, 0.3) is 0 Å². The summed E-state index contributed by atoms with van der Waals surface area (Å²) in [4.78, 5) is 13.7. The lowest BCUT2D eigenvalue weighted by atomic mass is 10.1. The van der Waals surface area contributed by atoms with E-state index in [1.54, 1.807) is 0 Å². The molecule has 1 heterocycles. The summed E-state index contributed by atoms with van der Waals surface area (Å²) in [5.74, 6) is 0.428. The molecular formula is C13H24N2O2. The molecule has 0 aromatic carbocycles. The number of rotatable bonds is 6. The van der Waals surface area contributed by atoms with Crippen molar-refractivity contribution in [1.29, 1.82) is 0 Å². The summed E-state index contributed by atoms with van der Waals surface area (Å²) >= 11 is 0. The van der Waals surface area contributed by atoms with Crippen molar-refractivity contribution in [3.63, 3.8) is 0 Å². The van der Waals surface area contributed by atoms with Gasteiger partial charge in [-0.25, -0.2) is 0 Å². The van der Waals surface area contributed by atoms with E-state index in [9.17, 15) is 4.79 Å². The molecule has 0 saturated heterocycles. The molecule has 1 aliphatic heterocycles. The highest BCUT2D eigenvalue weighted by atomic mass is 16.5. The maximum Gasteiger partial charge on any atom is 0.320 e. The van der Waals surface area contributed by atoms with Crippen molar-refractivity contribution < 1.29 is 9.53 Å². The van der Waals surface area contributed by atoms with Crippen LogP contribution in [0.1, 0.15) is 26.7 Å². The van der Waals surface area contributed by atoms with Gasteiger partial charge in [0.2, 0.25) is 0 Å². The molecule has 1 rings (SSSR count). The summed E-state index contributed by atoms with van der Waals surface area (Å²) < 4.78 is 5.20. The molecule has 0 aliphatic carbocycles. The molecule has 0 saturated carbocycles. The molecule has 4 nitrogen and oxygen atoms in total. The number of carbonyl (C=O) groups excluding carboxylic acids is 1. The third kappa shape index (κ3) is 5.33. The second kappa shape index (κ2) is 7.45. The topological polar surface area (TPSA) is 55.6 Å². The molecule has 0 amide bonds. The minimum absolute atomic E-state index is 0.139. The van der Waals surface area contributed by atoms with E-state index in [0.717, 1.165) is 19.4 Å². The molecule has 17 heavy (non-hydrogen) atoms. The largest absolute Gasteiger partial charge is 0.465 e. The number of hydrogen-bond donors (Lipinski definition) is 1. The molecule has 1 unspecified atom stereocenters. The van der Waals surface area contributed by atoms with E-state index < -0.39 is 0 Å². The van der Waals surface area contributed by atoms with Crippen molar-refractivity contribution in [3.8, 4) is 0 Å². The number of hydrogen-bond acceptors (Lipinski definition) is 4. The number of ether oxygens (including phenoxy) is 1. The zero-order valence-electron chi connectivity index (χ0n) is 10.9. The van der Waals surface area contributed by atoms with Crippen molar-refractivity contribution in [2.24, 2.45) is 11.7 Å². The first-order valence-corrected chi connectivity index (χ1v) is 6.40. The molecular weight excluding hydrogens is 216 g/mol. The first-order valence-electron chi connectivity index (χ1n) is 6.40. The summed E-state index contributed by atoms with van der Waals surface area (Å²) in [6.07, 6.45) is 6.10. The van der Waals surface area contributed by atoms with Gasteiger partial charge in [-0.1, -0.05) is 26.0 Å². The van der Waals surface area contributed by atoms with Crippen LogP contribution in [0.4, 0.5) is 0 Å². The Balaban J connectivity index is 2.27. The van der Waals surface area contributed by atoms with E-state index in [1.165, 1.54) is 0 Å². The van der Waals surface area contributed by atoms with Gasteiger partial charge in [0.15, 0.2) is 0 Å². The molecule has 0 aromatic rings. The standard InChI is InChI=1S/C13H24N2O2/c1-11(2)6-8-17-13(16)10-15-7-4-3-5-12(15)9-14/h3,5,11-12H,4,6-10,14H2,1-2H3. The van der Waals surface area contributed by atoms with Gasteiger partial charge >= 0.3 is 5.97 Å². The Morgan fingerprint density at radius 3 is 3.00 bits per heavy atom. The van der Waals surface area contributed by atoms with Gasteiger partial charge in [0.25, 0.3) is 0 Å². The summed E-state index contributed by atoms with van der Waals surface area (Å²) in [6.45, 7) is 6.55. The highest BCUT2D eigenvalue weighted by Gasteiger charge is 2.20. The Morgan fingerprint density at radius 2 is 2.35 bits per heavy atom. The first-order chi connectivity index (χ1) is 8.13. The van der Waals surface area contributed by atoms with E-state index in [4.69, 9.17) is 10.5 Å². The molecule has 1 atom stereocenters. The van der Waals surface area contributed by atoms with Crippen LogP contribution in [0.3, 0.4) is 0 Å². The minimum Gasteiger partial charge on any atom is -0.465 e. The van der Waals surface area contributed by atoms with Crippen molar-refractivity contribution in [2.45, 2.75) is 32.7 Å². The summed E-state index contributed by atoms with van der Waals surface area (Å²) in [5.41, 5.74) is 5.66. The molecule has 2 N–H and O–H groups in total. The third-order valence-electron chi connectivity index (χ3n) is 2.94. The second-order valence-corrected chi connectivity index (χ2v) is 4.89. The van der Waals surface area contributed by atoms with Gasteiger partial charge in [-0.05, 0) is 18.8 Å². The molecule has 0 aromatic heterocycles. The fourth-order valence-corrected chi connectivity index (χ4v) is 1.83. The quantitative estimate of drug-likeness (QED) is 0.559. The van der Waals surface area contributed by atoms with Crippen LogP contribution < -0.4 is 5.73 Å². The van der Waals surface area contributed by atoms with Crippen LogP contribution >= 0.6 is 0 Å². The zero-order valence-corrected chi connectivity index (χ0v) is 10.9. The normalized spacial score (nSPS) is 20.8. The number of esters is 1. The summed E-state index contributed by atoms with van der Waals surface area (Å²) in [6, 6.07) is 0.182. The van der Waals surface area contributed by atoms with Gasteiger partial charge in [0.1, 0.15) is 0 Å². The maximum atomic E-state index is 11.6. The Hall–Kier alpha value is -0.870. The lowest BCUT2D eigenvalue weighted by molar-refractivity contribution is -0.145. The number of nitrogens with two attached hydrogens (primary N) is 1. The molecule has 0 spiro atoms. The van der Waals surface area contributed by atoms with Gasteiger partial charge in [-0.15, -0.1) is 0 Å². The van der Waals surface area contributed by atoms with Crippen molar-refractivity contribution in [1.82, 2.24) is 4.90 Å². The van der Waals surface area contributed by atoms with Crippen molar-refractivity contribution >= 4 is 5.97 Å². The van der Waals surface area contributed by atoms with Crippen LogP contribution in [0, 0.1) is 5.92 Å². The van der Waals surface area contributed by atoms with Crippen LogP contribution in [-0.4, -0.2) is 43.2 Å². The summed E-state index contributed by atoms with van der Waals surface area (Å²) in [7, 11) is 0. The Labute approximate surface area is 104 Å². The average molecular weight is 240 g/mol. The highest BCUT2D eigenvalue weighted by Crippen LogP contribution is 2.09. The first kappa shape index (κ1) is 14.2. The van der Waals surface area contributed by atoms with E-state index in [1.807, 2.05) is 0 Å². The highest BCUT2D eigenvalue weighted by molar-refractivity contribution is 5.71. The van der Waals surface area contributed by atoms with Gasteiger partial charge in [-0.3, -0.25) is 9.69 Å². The molecule has 4 heteroatoms. The van der Waals surface area contributed by atoms with E-state index >= 15 is 0 Å². The van der Waals surface area contributed by atoms with Crippen molar-refractivity contribution in [2.75, 3.05) is 26.2 Å². The molecule has 98 valence electrons. The molecule has 0 fully saturated rings. The van der Waals surface area contributed by atoms with Gasteiger partial charge in [0.05, 0.1) is 13.2 Å². The van der Waals surface area contributed by atoms with Gasteiger partial charge < -0.3 is 10.5 Å². The van der Waals surface area contributed by atoms with Crippen molar-refractivity contribution in [3.05, 3.63) is 12.2 Å².